The predicted octanol–water partition coefficient (Wildman–Crippen LogP) is -0.109. The van der Waals surface area contributed by atoms with Crippen molar-refractivity contribution < 1.29 is 9.53 Å². The number of morpholine rings is 1. The Morgan fingerprint density at radius 3 is 3.00 bits per heavy atom. The molecule has 1 amide bonds. The summed E-state index contributed by atoms with van der Waals surface area (Å²) >= 11 is 0. The number of ether oxygens (including phenoxy) is 1. The molecule has 80 valence electrons. The second-order valence-electron chi connectivity index (χ2n) is 4.09. The third-order valence-corrected chi connectivity index (χ3v) is 2.77. The number of hydrogen-bond donors (Lipinski definition) is 2. The Bertz CT molecular complexity index is 198. The highest BCUT2D eigenvalue weighted by molar-refractivity contribution is 5.81. The number of rotatable bonds is 4. The van der Waals surface area contributed by atoms with Crippen molar-refractivity contribution >= 4 is 5.91 Å². The van der Waals surface area contributed by atoms with Gasteiger partial charge in [-0.1, -0.05) is 12.8 Å². The Morgan fingerprint density at radius 1 is 1.50 bits per heavy atom. The van der Waals surface area contributed by atoms with E-state index in [1.54, 1.807) is 0 Å². The minimum absolute atomic E-state index is 0.0397. The van der Waals surface area contributed by atoms with Gasteiger partial charge in [0.15, 0.2) is 0 Å². The smallest absolute Gasteiger partial charge is 0.250 e. The summed E-state index contributed by atoms with van der Waals surface area (Å²) in [4.78, 5) is 11.5. The van der Waals surface area contributed by atoms with E-state index in [2.05, 4.69) is 10.6 Å². The van der Waals surface area contributed by atoms with Crippen LogP contribution in [0.15, 0.2) is 0 Å². The lowest BCUT2D eigenvalue weighted by molar-refractivity contribution is -0.134. The number of carbonyl (C=O) groups is 1. The first-order chi connectivity index (χ1) is 6.86. The Kier molecular flexibility index (Phi) is 3.37. The van der Waals surface area contributed by atoms with Crippen molar-refractivity contribution in [3.8, 4) is 0 Å². The number of amides is 1. The molecule has 2 aliphatic rings. The van der Waals surface area contributed by atoms with Crippen LogP contribution in [0.4, 0.5) is 0 Å². The van der Waals surface area contributed by atoms with Crippen LogP contribution in [0.2, 0.25) is 0 Å². The molecule has 0 aromatic rings. The average molecular weight is 198 g/mol. The number of nitrogens with one attached hydrogen (secondary N) is 2. The highest BCUT2D eigenvalue weighted by Gasteiger charge is 2.23. The van der Waals surface area contributed by atoms with Gasteiger partial charge in [-0.05, 0) is 12.3 Å². The summed E-state index contributed by atoms with van der Waals surface area (Å²) in [5.41, 5.74) is 0. The minimum Gasteiger partial charge on any atom is -0.366 e. The van der Waals surface area contributed by atoms with Crippen LogP contribution >= 0.6 is 0 Å². The van der Waals surface area contributed by atoms with Crippen LogP contribution < -0.4 is 10.6 Å². The molecule has 0 radical (unpaired) electrons. The molecule has 0 spiro atoms. The van der Waals surface area contributed by atoms with Gasteiger partial charge in [0.1, 0.15) is 6.10 Å². The molecule has 1 atom stereocenters. The summed E-state index contributed by atoms with van der Waals surface area (Å²) in [6, 6.07) is 0. The molecule has 2 rings (SSSR count). The molecule has 4 heteroatoms. The van der Waals surface area contributed by atoms with Gasteiger partial charge in [-0.2, -0.15) is 0 Å². The van der Waals surface area contributed by atoms with Gasteiger partial charge in [0, 0.05) is 19.6 Å². The van der Waals surface area contributed by atoms with Crippen molar-refractivity contribution in [2.24, 2.45) is 5.92 Å². The van der Waals surface area contributed by atoms with Crippen molar-refractivity contribution in [3.05, 3.63) is 0 Å². The molecule has 1 saturated carbocycles. The van der Waals surface area contributed by atoms with E-state index in [1.807, 2.05) is 0 Å². The maximum atomic E-state index is 11.5. The first kappa shape index (κ1) is 9.93. The molecule has 1 heterocycles. The molecule has 14 heavy (non-hydrogen) atoms. The quantitative estimate of drug-likeness (QED) is 0.663. The van der Waals surface area contributed by atoms with Gasteiger partial charge < -0.3 is 15.4 Å². The van der Waals surface area contributed by atoms with Crippen LogP contribution in [-0.2, 0) is 9.53 Å². The molecule has 2 N–H and O–H groups in total. The Morgan fingerprint density at radius 2 is 2.36 bits per heavy atom. The van der Waals surface area contributed by atoms with E-state index < -0.39 is 0 Å². The van der Waals surface area contributed by atoms with Crippen LogP contribution in [0.5, 0.6) is 0 Å². The number of hydrogen-bond acceptors (Lipinski definition) is 3. The molecule has 0 aromatic carbocycles. The summed E-state index contributed by atoms with van der Waals surface area (Å²) in [7, 11) is 0. The second-order valence-corrected chi connectivity index (χ2v) is 4.09. The Balaban J connectivity index is 1.60. The molecule has 1 saturated heterocycles. The van der Waals surface area contributed by atoms with E-state index in [-0.39, 0.29) is 12.0 Å². The molecule has 0 aromatic heterocycles. The first-order valence-electron chi connectivity index (χ1n) is 5.46. The lowest BCUT2D eigenvalue weighted by atomic mass is 10.2. The largest absolute Gasteiger partial charge is 0.366 e. The molecule has 1 unspecified atom stereocenters. The standard InChI is InChI=1S/C10H18N2O2/c13-10(9-7-11-5-6-14-9)12-4-3-8-1-2-8/h8-9,11H,1-7H2,(H,12,13). The van der Waals surface area contributed by atoms with Gasteiger partial charge in [0.05, 0.1) is 6.61 Å². The SMILES string of the molecule is O=C(NCCC1CC1)C1CNCCO1. The molecular formula is C10H18N2O2. The molecule has 1 aliphatic heterocycles. The summed E-state index contributed by atoms with van der Waals surface area (Å²) in [5, 5.41) is 6.06. The van der Waals surface area contributed by atoms with Gasteiger partial charge >= 0.3 is 0 Å². The van der Waals surface area contributed by atoms with Gasteiger partial charge in [-0.3, -0.25) is 4.79 Å². The first-order valence-corrected chi connectivity index (χ1v) is 5.46. The summed E-state index contributed by atoms with van der Waals surface area (Å²) in [5.74, 6) is 0.915. The summed E-state index contributed by atoms with van der Waals surface area (Å²) in [6.45, 7) is 2.95. The van der Waals surface area contributed by atoms with E-state index in [0.29, 0.717) is 13.2 Å². The van der Waals surface area contributed by atoms with Crippen molar-refractivity contribution in [3.63, 3.8) is 0 Å². The fourth-order valence-corrected chi connectivity index (χ4v) is 1.65. The highest BCUT2D eigenvalue weighted by Crippen LogP contribution is 2.31. The van der Waals surface area contributed by atoms with Crippen molar-refractivity contribution in [2.45, 2.75) is 25.4 Å². The molecule has 1 aliphatic carbocycles. The van der Waals surface area contributed by atoms with Crippen molar-refractivity contribution in [1.82, 2.24) is 10.6 Å². The van der Waals surface area contributed by atoms with E-state index in [0.717, 1.165) is 25.4 Å². The predicted molar refractivity (Wildman–Crippen MR) is 53.0 cm³/mol. The Hall–Kier alpha value is -0.610. The molecule has 0 bridgehead atoms. The maximum Gasteiger partial charge on any atom is 0.250 e. The maximum absolute atomic E-state index is 11.5. The zero-order valence-electron chi connectivity index (χ0n) is 8.42. The van der Waals surface area contributed by atoms with E-state index in [4.69, 9.17) is 4.74 Å². The van der Waals surface area contributed by atoms with Crippen molar-refractivity contribution in [2.75, 3.05) is 26.2 Å². The Labute approximate surface area is 84.4 Å². The molecular weight excluding hydrogens is 180 g/mol. The summed E-state index contributed by atoms with van der Waals surface area (Å²) in [6.07, 6.45) is 3.54. The normalized spacial score (nSPS) is 27.3. The minimum atomic E-state index is -0.275. The lowest BCUT2D eigenvalue weighted by Crippen LogP contribution is -2.48. The average Bonchev–Trinajstić information content (AvgIpc) is 3.03. The van der Waals surface area contributed by atoms with Crippen LogP contribution in [0.3, 0.4) is 0 Å². The third kappa shape index (κ3) is 2.96. The van der Waals surface area contributed by atoms with E-state index in [9.17, 15) is 4.79 Å². The third-order valence-electron chi connectivity index (χ3n) is 2.77. The second kappa shape index (κ2) is 4.75. The summed E-state index contributed by atoms with van der Waals surface area (Å²) < 4.78 is 5.34. The zero-order valence-corrected chi connectivity index (χ0v) is 8.42. The molecule has 4 nitrogen and oxygen atoms in total. The zero-order chi connectivity index (χ0) is 9.80. The van der Waals surface area contributed by atoms with E-state index in [1.165, 1.54) is 12.8 Å². The van der Waals surface area contributed by atoms with Crippen molar-refractivity contribution in [1.29, 1.82) is 0 Å². The van der Waals surface area contributed by atoms with Gasteiger partial charge in [-0.25, -0.2) is 0 Å². The number of carbonyl (C=O) groups excluding carboxylic acids is 1. The van der Waals surface area contributed by atoms with Crippen LogP contribution in [0, 0.1) is 5.92 Å². The topological polar surface area (TPSA) is 50.4 Å². The van der Waals surface area contributed by atoms with E-state index >= 15 is 0 Å². The van der Waals surface area contributed by atoms with Gasteiger partial charge in [0.25, 0.3) is 0 Å². The fraction of sp³-hybridized carbons (Fsp3) is 0.900. The van der Waals surface area contributed by atoms with Crippen LogP contribution in [0.1, 0.15) is 19.3 Å². The lowest BCUT2D eigenvalue weighted by Gasteiger charge is -2.22. The molecule has 2 fully saturated rings. The van der Waals surface area contributed by atoms with Gasteiger partial charge in [0.2, 0.25) is 5.91 Å². The van der Waals surface area contributed by atoms with Gasteiger partial charge in [-0.15, -0.1) is 0 Å². The fourth-order valence-electron chi connectivity index (χ4n) is 1.65. The van der Waals surface area contributed by atoms with Crippen LogP contribution in [0.25, 0.3) is 0 Å². The van der Waals surface area contributed by atoms with Crippen LogP contribution in [-0.4, -0.2) is 38.3 Å². The monoisotopic (exact) mass is 198 g/mol. The highest BCUT2D eigenvalue weighted by atomic mass is 16.5.